The summed E-state index contributed by atoms with van der Waals surface area (Å²) in [6.45, 7) is 4.91. The molecule has 5 nitrogen and oxygen atoms in total. The first-order valence-electron chi connectivity index (χ1n) is 6.55. The molecule has 0 radical (unpaired) electrons. The van der Waals surface area contributed by atoms with Crippen LogP contribution < -0.4 is 0 Å². The maximum Gasteiger partial charge on any atom is 0.262 e. The van der Waals surface area contributed by atoms with Crippen LogP contribution in [0.5, 0.6) is 0 Å². The van der Waals surface area contributed by atoms with Crippen molar-refractivity contribution >= 4 is 23.5 Å². The Labute approximate surface area is 111 Å². The molecule has 2 atom stereocenters. The molecule has 0 N–H and O–H groups in total. The second-order valence-electron chi connectivity index (χ2n) is 5.25. The van der Waals surface area contributed by atoms with Gasteiger partial charge in [-0.1, -0.05) is 19.4 Å². The van der Waals surface area contributed by atoms with E-state index in [9.17, 15) is 19.2 Å². The second-order valence-corrected chi connectivity index (χ2v) is 5.25. The van der Waals surface area contributed by atoms with E-state index < -0.39 is 29.6 Å². The monoisotopic (exact) mass is 263 g/mol. The minimum atomic E-state index is -0.948. The first-order chi connectivity index (χ1) is 8.95. The van der Waals surface area contributed by atoms with Gasteiger partial charge in [0.05, 0.1) is 5.92 Å². The topological polar surface area (TPSA) is 71.5 Å². The molecule has 0 bridgehead atoms. The lowest BCUT2D eigenvalue weighted by Crippen LogP contribution is -2.38. The van der Waals surface area contributed by atoms with Gasteiger partial charge in [-0.05, 0) is 19.8 Å². The van der Waals surface area contributed by atoms with Gasteiger partial charge in [-0.3, -0.25) is 19.2 Å². The number of ketones is 1. The van der Waals surface area contributed by atoms with Crippen molar-refractivity contribution in [3.05, 3.63) is 12.2 Å². The largest absolute Gasteiger partial charge is 0.299 e. The van der Waals surface area contributed by atoms with Crippen molar-refractivity contribution in [3.63, 3.8) is 0 Å². The van der Waals surface area contributed by atoms with Gasteiger partial charge >= 0.3 is 0 Å². The number of carbonyl (C=O) groups excluding carboxylic acids is 4. The van der Waals surface area contributed by atoms with E-state index in [1.54, 1.807) is 0 Å². The number of imide groups is 3. The van der Waals surface area contributed by atoms with Gasteiger partial charge in [-0.25, -0.2) is 4.90 Å². The van der Waals surface area contributed by atoms with Crippen LogP contribution >= 0.6 is 0 Å². The van der Waals surface area contributed by atoms with E-state index in [-0.39, 0.29) is 11.4 Å². The summed E-state index contributed by atoms with van der Waals surface area (Å²) in [6.07, 6.45) is 3.25. The molecule has 3 amide bonds. The molecule has 0 aromatic rings. The van der Waals surface area contributed by atoms with Crippen molar-refractivity contribution in [2.75, 3.05) is 0 Å². The van der Waals surface area contributed by atoms with E-state index in [0.717, 1.165) is 19.3 Å². The number of amides is 3. The van der Waals surface area contributed by atoms with Crippen LogP contribution in [-0.2, 0) is 19.2 Å². The molecule has 0 spiro atoms. The zero-order valence-electron chi connectivity index (χ0n) is 11.0. The number of fused-ring (bicyclic) bond motifs is 1. The fourth-order valence-corrected chi connectivity index (χ4v) is 2.77. The lowest BCUT2D eigenvalue weighted by atomic mass is 9.82. The minimum Gasteiger partial charge on any atom is -0.299 e. The Morgan fingerprint density at radius 1 is 1.16 bits per heavy atom. The minimum absolute atomic E-state index is 0.128. The Balaban J connectivity index is 2.34. The Morgan fingerprint density at radius 3 is 2.47 bits per heavy atom. The summed E-state index contributed by atoms with van der Waals surface area (Å²) in [5, 5.41) is 0. The van der Waals surface area contributed by atoms with Gasteiger partial charge in [0.1, 0.15) is 11.7 Å². The number of Topliss-reactive ketones (excluding diaryl/α,β-unsaturated/α-hetero) is 1. The summed E-state index contributed by atoms with van der Waals surface area (Å²) >= 11 is 0. The molecule has 0 aromatic heterocycles. The predicted molar refractivity (Wildman–Crippen MR) is 66.7 cm³/mol. The van der Waals surface area contributed by atoms with E-state index in [0.29, 0.717) is 17.7 Å². The molecule has 1 aliphatic heterocycles. The summed E-state index contributed by atoms with van der Waals surface area (Å²) in [6, 6.07) is 0. The highest BCUT2D eigenvalue weighted by Crippen LogP contribution is 2.34. The van der Waals surface area contributed by atoms with Crippen molar-refractivity contribution < 1.29 is 19.2 Å². The average molecular weight is 263 g/mol. The number of hydrogen-bond donors (Lipinski definition) is 0. The molecular weight excluding hydrogens is 246 g/mol. The molecule has 2 aliphatic rings. The first kappa shape index (κ1) is 13.6. The second kappa shape index (κ2) is 5.07. The van der Waals surface area contributed by atoms with Gasteiger partial charge in [-0.15, -0.1) is 0 Å². The lowest BCUT2D eigenvalue weighted by Gasteiger charge is -2.16. The quantitative estimate of drug-likeness (QED) is 0.405. The molecular formula is C14H17NO4. The van der Waals surface area contributed by atoms with Crippen LogP contribution in [0.15, 0.2) is 12.2 Å². The van der Waals surface area contributed by atoms with E-state index in [1.807, 2.05) is 0 Å². The number of likely N-dealkylation sites (tertiary alicyclic amines) is 1. The Hall–Kier alpha value is -1.78. The van der Waals surface area contributed by atoms with Crippen LogP contribution in [0.4, 0.5) is 0 Å². The van der Waals surface area contributed by atoms with E-state index in [2.05, 4.69) is 6.58 Å². The van der Waals surface area contributed by atoms with Crippen molar-refractivity contribution in [1.29, 1.82) is 0 Å². The SMILES string of the molecule is C=C(C)C(=O)N1C(=O)C2CCCCCC(=O)C2C1=O. The molecule has 0 aromatic carbocycles. The fraction of sp³-hybridized carbons (Fsp3) is 0.571. The van der Waals surface area contributed by atoms with Gasteiger partial charge < -0.3 is 0 Å². The van der Waals surface area contributed by atoms with Gasteiger partial charge in [0.2, 0.25) is 11.8 Å². The lowest BCUT2D eigenvalue weighted by molar-refractivity contribution is -0.148. The zero-order valence-corrected chi connectivity index (χ0v) is 11.0. The van der Waals surface area contributed by atoms with Crippen LogP contribution in [0.3, 0.4) is 0 Å². The Kier molecular flexibility index (Phi) is 3.64. The Bertz CT molecular complexity index is 480. The van der Waals surface area contributed by atoms with Crippen molar-refractivity contribution in [2.45, 2.75) is 39.0 Å². The molecule has 2 rings (SSSR count). The number of rotatable bonds is 1. The van der Waals surface area contributed by atoms with E-state index >= 15 is 0 Å². The van der Waals surface area contributed by atoms with Crippen molar-refractivity contribution in [2.24, 2.45) is 11.8 Å². The maximum absolute atomic E-state index is 12.2. The summed E-state index contributed by atoms with van der Waals surface area (Å²) < 4.78 is 0. The Morgan fingerprint density at radius 2 is 1.84 bits per heavy atom. The fourth-order valence-electron chi connectivity index (χ4n) is 2.77. The van der Waals surface area contributed by atoms with Crippen LogP contribution in [0.2, 0.25) is 0 Å². The molecule has 5 heteroatoms. The molecule has 1 saturated heterocycles. The first-order valence-corrected chi connectivity index (χ1v) is 6.55. The number of nitrogens with zero attached hydrogens (tertiary/aromatic N) is 1. The van der Waals surface area contributed by atoms with Crippen LogP contribution in [0.1, 0.15) is 39.0 Å². The van der Waals surface area contributed by atoms with Crippen LogP contribution in [-0.4, -0.2) is 28.4 Å². The standard InChI is InChI=1S/C14H17NO4/c1-8(2)12(17)15-13(18)9-6-4-3-5-7-10(16)11(9)14(15)19/h9,11H,1,3-7H2,2H3. The molecule has 19 heavy (non-hydrogen) atoms. The molecule has 1 heterocycles. The van der Waals surface area contributed by atoms with Crippen LogP contribution in [0, 0.1) is 11.8 Å². The highest BCUT2D eigenvalue weighted by molar-refractivity contribution is 6.25. The van der Waals surface area contributed by atoms with Crippen molar-refractivity contribution in [3.8, 4) is 0 Å². The highest BCUT2D eigenvalue weighted by Gasteiger charge is 2.52. The van der Waals surface area contributed by atoms with Gasteiger partial charge in [0.15, 0.2) is 0 Å². The molecule has 1 aliphatic carbocycles. The smallest absolute Gasteiger partial charge is 0.262 e. The summed E-state index contributed by atoms with van der Waals surface area (Å²) in [4.78, 5) is 48.9. The average Bonchev–Trinajstić information content (AvgIpc) is 2.56. The normalized spacial score (nSPS) is 27.8. The van der Waals surface area contributed by atoms with E-state index in [1.165, 1.54) is 6.92 Å². The summed E-state index contributed by atoms with van der Waals surface area (Å²) in [7, 11) is 0. The predicted octanol–water partition coefficient (Wildman–Crippen LogP) is 1.22. The van der Waals surface area contributed by atoms with E-state index in [4.69, 9.17) is 0 Å². The number of carbonyl (C=O) groups is 4. The zero-order chi connectivity index (χ0) is 14.2. The molecule has 102 valence electrons. The van der Waals surface area contributed by atoms with Crippen molar-refractivity contribution in [1.82, 2.24) is 4.90 Å². The third-order valence-electron chi connectivity index (χ3n) is 3.78. The van der Waals surface area contributed by atoms with Crippen LogP contribution in [0.25, 0.3) is 0 Å². The maximum atomic E-state index is 12.2. The third-order valence-corrected chi connectivity index (χ3v) is 3.78. The molecule has 1 saturated carbocycles. The summed E-state index contributed by atoms with van der Waals surface area (Å²) in [5.74, 6) is -3.68. The van der Waals surface area contributed by atoms with Gasteiger partial charge in [0, 0.05) is 12.0 Å². The molecule has 2 unspecified atom stereocenters. The highest BCUT2D eigenvalue weighted by atomic mass is 16.2. The number of hydrogen-bond acceptors (Lipinski definition) is 4. The van der Waals surface area contributed by atoms with Gasteiger partial charge in [0.25, 0.3) is 5.91 Å². The van der Waals surface area contributed by atoms with Gasteiger partial charge in [-0.2, -0.15) is 0 Å². The third kappa shape index (κ3) is 2.25. The summed E-state index contributed by atoms with van der Waals surface area (Å²) in [5.41, 5.74) is 0.128. The molecule has 2 fully saturated rings.